The van der Waals surface area contributed by atoms with E-state index in [1.54, 1.807) is 19.4 Å². The third-order valence-electron chi connectivity index (χ3n) is 4.76. The second kappa shape index (κ2) is 8.58. The van der Waals surface area contributed by atoms with Crippen molar-refractivity contribution < 1.29 is 13.9 Å². The molecule has 156 valence electrons. The first-order valence-electron chi connectivity index (χ1n) is 9.69. The Morgan fingerprint density at radius 3 is 2.53 bits per heavy atom. The van der Waals surface area contributed by atoms with Gasteiger partial charge in [-0.25, -0.2) is 9.37 Å². The summed E-state index contributed by atoms with van der Waals surface area (Å²) in [7, 11) is 1.62. The van der Waals surface area contributed by atoms with Gasteiger partial charge in [0, 0.05) is 18.7 Å². The summed E-state index contributed by atoms with van der Waals surface area (Å²) in [6.45, 7) is 5.27. The molecule has 3 aromatic rings. The fourth-order valence-corrected chi connectivity index (χ4v) is 3.43. The van der Waals surface area contributed by atoms with Crippen LogP contribution in [0.2, 0.25) is 0 Å². The number of anilines is 3. The van der Waals surface area contributed by atoms with Gasteiger partial charge in [-0.1, -0.05) is 12.1 Å². The Morgan fingerprint density at radius 1 is 1.10 bits per heavy atom. The number of morpholine rings is 1. The zero-order valence-corrected chi connectivity index (χ0v) is 17.0. The second-order valence-corrected chi connectivity index (χ2v) is 7.21. The molecule has 0 aliphatic carbocycles. The number of hydrogen-bond acceptors (Lipinski definition) is 8. The highest BCUT2D eigenvalue weighted by Crippen LogP contribution is 2.25. The summed E-state index contributed by atoms with van der Waals surface area (Å²) in [4.78, 5) is 10.5. The van der Waals surface area contributed by atoms with E-state index in [1.807, 2.05) is 43.0 Å². The molecular weight excluding hydrogens is 387 g/mol. The third kappa shape index (κ3) is 4.46. The minimum Gasteiger partial charge on any atom is -0.497 e. The highest BCUT2D eigenvalue weighted by molar-refractivity contribution is 5.67. The van der Waals surface area contributed by atoms with Crippen molar-refractivity contribution in [3.05, 3.63) is 48.5 Å². The number of nitrogens with zero attached hydrogens (tertiary/aromatic N) is 5. The maximum atomic E-state index is 14.4. The fraction of sp³-hybridized carbons (Fsp3) is 0.333. The van der Waals surface area contributed by atoms with Crippen LogP contribution in [0.5, 0.6) is 5.75 Å². The number of nitrogens with one attached hydrogen (secondary N) is 1. The monoisotopic (exact) mass is 410 g/mol. The Labute approximate surface area is 174 Å². The van der Waals surface area contributed by atoms with Crippen molar-refractivity contribution in [3.8, 4) is 16.9 Å². The first-order valence-corrected chi connectivity index (χ1v) is 9.69. The Hall–Kier alpha value is -3.33. The molecule has 0 unspecified atom stereocenters. The van der Waals surface area contributed by atoms with Gasteiger partial charge in [0.15, 0.2) is 17.5 Å². The SMILES string of the molecule is COc1ccc(-c2cnnc(Nc3nc(N4C[C@@H](C)O[C@@H](C)C4)ncc3F)c2)cc1. The summed E-state index contributed by atoms with van der Waals surface area (Å²) < 4.78 is 25.3. The van der Waals surface area contributed by atoms with Gasteiger partial charge in [0.25, 0.3) is 0 Å². The Bertz CT molecular complexity index is 1010. The van der Waals surface area contributed by atoms with Crippen LogP contribution in [0, 0.1) is 5.82 Å². The molecule has 4 rings (SSSR count). The van der Waals surface area contributed by atoms with Crippen LogP contribution in [0.3, 0.4) is 0 Å². The average molecular weight is 410 g/mol. The van der Waals surface area contributed by atoms with E-state index < -0.39 is 5.82 Å². The topological polar surface area (TPSA) is 85.3 Å². The lowest BCUT2D eigenvalue weighted by molar-refractivity contribution is -0.00572. The molecule has 0 bridgehead atoms. The van der Waals surface area contributed by atoms with E-state index in [1.165, 1.54) is 0 Å². The van der Waals surface area contributed by atoms with Crippen molar-refractivity contribution in [1.29, 1.82) is 0 Å². The van der Waals surface area contributed by atoms with Gasteiger partial charge in [-0.05, 0) is 37.6 Å². The van der Waals surface area contributed by atoms with Crippen LogP contribution in [0.25, 0.3) is 11.1 Å². The maximum Gasteiger partial charge on any atom is 0.227 e. The van der Waals surface area contributed by atoms with Gasteiger partial charge in [-0.15, -0.1) is 5.10 Å². The minimum absolute atomic E-state index is 0.0471. The molecule has 3 heterocycles. The molecule has 9 heteroatoms. The molecule has 0 amide bonds. The normalized spacial score (nSPS) is 18.9. The van der Waals surface area contributed by atoms with Crippen LogP contribution >= 0.6 is 0 Å². The zero-order chi connectivity index (χ0) is 21.1. The van der Waals surface area contributed by atoms with Crippen LogP contribution in [0.1, 0.15) is 13.8 Å². The van der Waals surface area contributed by atoms with E-state index in [0.29, 0.717) is 24.9 Å². The first-order chi connectivity index (χ1) is 14.5. The quantitative estimate of drug-likeness (QED) is 0.685. The van der Waals surface area contributed by atoms with Gasteiger partial charge in [-0.2, -0.15) is 10.1 Å². The van der Waals surface area contributed by atoms with E-state index in [0.717, 1.165) is 23.1 Å². The molecule has 0 spiro atoms. The van der Waals surface area contributed by atoms with Crippen LogP contribution in [-0.4, -0.2) is 52.6 Å². The number of ether oxygens (including phenoxy) is 2. The van der Waals surface area contributed by atoms with Crippen molar-refractivity contribution in [2.45, 2.75) is 26.1 Å². The van der Waals surface area contributed by atoms with E-state index in [4.69, 9.17) is 9.47 Å². The summed E-state index contributed by atoms with van der Waals surface area (Å²) in [5, 5.41) is 11.0. The largest absolute Gasteiger partial charge is 0.497 e. The molecule has 1 fully saturated rings. The fourth-order valence-electron chi connectivity index (χ4n) is 3.43. The van der Waals surface area contributed by atoms with Gasteiger partial charge >= 0.3 is 0 Å². The lowest BCUT2D eigenvalue weighted by Gasteiger charge is -2.35. The van der Waals surface area contributed by atoms with Crippen LogP contribution < -0.4 is 15.0 Å². The summed E-state index contributed by atoms with van der Waals surface area (Å²) in [5.74, 6) is 1.08. The number of benzene rings is 1. The molecule has 1 N–H and O–H groups in total. The van der Waals surface area contributed by atoms with Crippen LogP contribution in [0.15, 0.2) is 42.7 Å². The molecule has 30 heavy (non-hydrogen) atoms. The van der Waals surface area contributed by atoms with Crippen LogP contribution in [0.4, 0.5) is 22.0 Å². The number of rotatable bonds is 5. The molecule has 1 aliphatic heterocycles. The smallest absolute Gasteiger partial charge is 0.227 e. The molecule has 2 atom stereocenters. The molecular formula is C21H23FN6O2. The molecule has 0 radical (unpaired) electrons. The molecule has 0 saturated carbocycles. The first kappa shape index (κ1) is 20.0. The Morgan fingerprint density at radius 2 is 1.83 bits per heavy atom. The predicted octanol–water partition coefficient (Wildman–Crippen LogP) is 3.44. The van der Waals surface area contributed by atoms with E-state index in [-0.39, 0.29) is 18.0 Å². The van der Waals surface area contributed by atoms with Gasteiger partial charge < -0.3 is 19.7 Å². The number of methoxy groups -OCH3 is 1. The van der Waals surface area contributed by atoms with Gasteiger partial charge in [0.2, 0.25) is 5.95 Å². The number of hydrogen-bond donors (Lipinski definition) is 1. The highest BCUT2D eigenvalue weighted by Gasteiger charge is 2.24. The lowest BCUT2D eigenvalue weighted by Crippen LogP contribution is -2.46. The zero-order valence-electron chi connectivity index (χ0n) is 17.0. The second-order valence-electron chi connectivity index (χ2n) is 7.21. The summed E-state index contributed by atoms with van der Waals surface area (Å²) in [6.07, 6.45) is 2.90. The molecule has 1 aliphatic rings. The van der Waals surface area contributed by atoms with Crippen molar-refractivity contribution in [2.75, 3.05) is 30.4 Å². The average Bonchev–Trinajstić information content (AvgIpc) is 2.75. The van der Waals surface area contributed by atoms with Gasteiger partial charge in [0.1, 0.15) is 5.75 Å². The molecule has 1 saturated heterocycles. The van der Waals surface area contributed by atoms with E-state index >= 15 is 0 Å². The summed E-state index contributed by atoms with van der Waals surface area (Å²) in [5.41, 5.74) is 1.77. The number of halogens is 1. The Balaban J connectivity index is 1.56. The predicted molar refractivity (Wildman–Crippen MR) is 112 cm³/mol. The van der Waals surface area contributed by atoms with Crippen molar-refractivity contribution >= 4 is 17.6 Å². The Kier molecular flexibility index (Phi) is 5.71. The van der Waals surface area contributed by atoms with Crippen LogP contribution in [-0.2, 0) is 4.74 Å². The highest BCUT2D eigenvalue weighted by atomic mass is 19.1. The van der Waals surface area contributed by atoms with Gasteiger partial charge in [0.05, 0.1) is 31.7 Å². The van der Waals surface area contributed by atoms with Crippen molar-refractivity contribution in [2.24, 2.45) is 0 Å². The summed E-state index contributed by atoms with van der Waals surface area (Å²) in [6, 6.07) is 9.36. The van der Waals surface area contributed by atoms with Gasteiger partial charge in [-0.3, -0.25) is 0 Å². The summed E-state index contributed by atoms with van der Waals surface area (Å²) >= 11 is 0. The standard InChI is InChI=1S/C21H23FN6O2/c1-13-11-28(12-14(2)30-13)21-23-10-18(22)20(26-21)25-19-8-16(9-24-27-19)15-4-6-17(29-3)7-5-15/h4-10,13-14H,11-12H2,1-3H3,(H,23,25,26,27)/t13-,14+. The minimum atomic E-state index is -0.565. The van der Waals surface area contributed by atoms with Crippen molar-refractivity contribution in [3.63, 3.8) is 0 Å². The van der Waals surface area contributed by atoms with E-state index in [9.17, 15) is 4.39 Å². The maximum absolute atomic E-state index is 14.4. The van der Waals surface area contributed by atoms with E-state index in [2.05, 4.69) is 25.5 Å². The lowest BCUT2D eigenvalue weighted by atomic mass is 10.1. The molecule has 2 aromatic heterocycles. The van der Waals surface area contributed by atoms with Crippen molar-refractivity contribution in [1.82, 2.24) is 20.2 Å². The third-order valence-corrected chi connectivity index (χ3v) is 4.76. The molecule has 1 aromatic carbocycles. The number of aromatic nitrogens is 4. The molecule has 8 nitrogen and oxygen atoms in total.